The third-order valence-corrected chi connectivity index (χ3v) is 1.82. The maximum Gasteiger partial charge on any atom is 0.0643 e. The Bertz CT molecular complexity index is 364. The van der Waals surface area contributed by atoms with Crippen LogP contribution in [-0.2, 0) is 11.2 Å². The Balaban J connectivity index is 2.94. The van der Waals surface area contributed by atoms with E-state index in [1.807, 2.05) is 24.3 Å². The summed E-state index contributed by atoms with van der Waals surface area (Å²) in [5, 5.41) is 10.2. The molecule has 0 amide bonds. The highest BCUT2D eigenvalue weighted by Gasteiger charge is 1.94. The Hall–Kier alpha value is -1.83. The number of hydrogen-bond donors (Lipinski definition) is 0. The maximum absolute atomic E-state index is 10.2. The second-order valence-corrected chi connectivity index (χ2v) is 2.84. The van der Waals surface area contributed by atoms with Gasteiger partial charge in [0.25, 0.3) is 0 Å². The number of carbonyl (C=O) groups excluding carboxylic acids is 1. The minimum atomic E-state index is -1.18. The molecule has 1 aromatic carbocycles. The summed E-state index contributed by atoms with van der Waals surface area (Å²) in [6.45, 7) is 3.64. The van der Waals surface area contributed by atoms with Crippen LogP contribution in [0.2, 0.25) is 0 Å². The van der Waals surface area contributed by atoms with Crippen molar-refractivity contribution in [1.29, 1.82) is 0 Å². The van der Waals surface area contributed by atoms with Crippen LogP contribution in [0, 0.1) is 0 Å². The molecule has 0 saturated carbocycles. The molecule has 14 heavy (non-hydrogen) atoms. The standard InChI is InChI=1S/C12H12O2/c1-2-5-10-6-3-4-7-11(10)8-9-12(13)14/h2-4,6-9H,1,5H2,(H,13,14)/p-1/b9-8+. The molecule has 0 bridgehead atoms. The number of carbonyl (C=O) groups is 1. The van der Waals surface area contributed by atoms with E-state index in [1.165, 1.54) is 6.08 Å². The summed E-state index contributed by atoms with van der Waals surface area (Å²) in [6, 6.07) is 7.58. The van der Waals surface area contributed by atoms with E-state index < -0.39 is 5.97 Å². The first-order valence-electron chi connectivity index (χ1n) is 4.32. The number of aliphatic carboxylic acids is 1. The van der Waals surface area contributed by atoms with Crippen LogP contribution in [-0.4, -0.2) is 5.97 Å². The van der Waals surface area contributed by atoms with Crippen LogP contribution in [0.4, 0.5) is 0 Å². The molecule has 0 fully saturated rings. The van der Waals surface area contributed by atoms with Crippen LogP contribution >= 0.6 is 0 Å². The summed E-state index contributed by atoms with van der Waals surface area (Å²) in [5.41, 5.74) is 1.94. The van der Waals surface area contributed by atoms with Crippen LogP contribution < -0.4 is 5.11 Å². The first-order valence-corrected chi connectivity index (χ1v) is 4.32. The molecule has 0 spiro atoms. The summed E-state index contributed by atoms with van der Waals surface area (Å²) >= 11 is 0. The molecule has 1 rings (SSSR count). The molecule has 0 aliphatic carbocycles. The highest BCUT2D eigenvalue weighted by molar-refractivity contribution is 5.83. The Morgan fingerprint density at radius 2 is 2.14 bits per heavy atom. The van der Waals surface area contributed by atoms with Crippen molar-refractivity contribution in [3.8, 4) is 0 Å². The van der Waals surface area contributed by atoms with Gasteiger partial charge in [-0.05, 0) is 23.6 Å². The van der Waals surface area contributed by atoms with Crippen molar-refractivity contribution >= 4 is 12.0 Å². The zero-order valence-corrected chi connectivity index (χ0v) is 7.77. The van der Waals surface area contributed by atoms with Gasteiger partial charge in [0.2, 0.25) is 0 Å². The average molecular weight is 187 g/mol. The summed E-state index contributed by atoms with van der Waals surface area (Å²) in [4.78, 5) is 10.2. The Morgan fingerprint density at radius 1 is 1.43 bits per heavy atom. The molecule has 2 nitrogen and oxygen atoms in total. The lowest BCUT2D eigenvalue weighted by molar-refractivity contribution is -0.297. The molecular formula is C12H11O2-. The third-order valence-electron chi connectivity index (χ3n) is 1.82. The van der Waals surface area contributed by atoms with E-state index in [-0.39, 0.29) is 0 Å². The fraction of sp³-hybridized carbons (Fsp3) is 0.0833. The molecule has 0 aromatic heterocycles. The smallest absolute Gasteiger partial charge is 0.0643 e. The van der Waals surface area contributed by atoms with Gasteiger partial charge in [0, 0.05) is 0 Å². The number of hydrogen-bond acceptors (Lipinski definition) is 2. The molecule has 0 N–H and O–H groups in total. The highest BCUT2D eigenvalue weighted by Crippen LogP contribution is 2.11. The maximum atomic E-state index is 10.2. The van der Waals surface area contributed by atoms with Crippen molar-refractivity contribution in [2.24, 2.45) is 0 Å². The zero-order valence-electron chi connectivity index (χ0n) is 7.77. The lowest BCUT2D eigenvalue weighted by Gasteiger charge is -2.02. The molecule has 0 saturated heterocycles. The molecular weight excluding hydrogens is 176 g/mol. The van der Waals surface area contributed by atoms with Gasteiger partial charge in [-0.1, -0.05) is 36.4 Å². The molecule has 0 atom stereocenters. The average Bonchev–Trinajstić information content (AvgIpc) is 2.17. The molecule has 72 valence electrons. The Morgan fingerprint density at radius 3 is 2.79 bits per heavy atom. The molecule has 0 aliphatic heterocycles. The topological polar surface area (TPSA) is 40.1 Å². The van der Waals surface area contributed by atoms with Crippen molar-refractivity contribution in [3.63, 3.8) is 0 Å². The lowest BCUT2D eigenvalue weighted by Crippen LogP contribution is -2.18. The SMILES string of the molecule is C=CCc1ccccc1/C=C/C(=O)[O-]. The van der Waals surface area contributed by atoms with Gasteiger partial charge >= 0.3 is 0 Å². The van der Waals surface area contributed by atoms with Crippen LogP contribution in [0.15, 0.2) is 43.0 Å². The Kier molecular flexibility index (Phi) is 3.68. The summed E-state index contributed by atoms with van der Waals surface area (Å²) in [7, 11) is 0. The third kappa shape index (κ3) is 2.90. The molecule has 1 aromatic rings. The van der Waals surface area contributed by atoms with Crippen molar-refractivity contribution < 1.29 is 9.90 Å². The molecule has 0 unspecified atom stereocenters. The number of carboxylic acids is 1. The minimum absolute atomic E-state index is 0.730. The van der Waals surface area contributed by atoms with Gasteiger partial charge in [-0.2, -0.15) is 0 Å². The van der Waals surface area contributed by atoms with E-state index in [0.717, 1.165) is 23.6 Å². The number of rotatable bonds is 4. The number of allylic oxidation sites excluding steroid dienone is 1. The van der Waals surface area contributed by atoms with Crippen LogP contribution in [0.3, 0.4) is 0 Å². The van der Waals surface area contributed by atoms with E-state index in [0.29, 0.717) is 0 Å². The monoisotopic (exact) mass is 187 g/mol. The van der Waals surface area contributed by atoms with Gasteiger partial charge in [0.05, 0.1) is 5.97 Å². The van der Waals surface area contributed by atoms with Gasteiger partial charge in [-0.25, -0.2) is 0 Å². The van der Waals surface area contributed by atoms with E-state index in [2.05, 4.69) is 6.58 Å². The first-order chi connectivity index (χ1) is 6.74. The fourth-order valence-corrected chi connectivity index (χ4v) is 1.20. The van der Waals surface area contributed by atoms with Gasteiger partial charge < -0.3 is 9.90 Å². The molecule has 0 aliphatic rings. The molecule has 0 heterocycles. The van der Waals surface area contributed by atoms with Crippen molar-refractivity contribution in [1.82, 2.24) is 0 Å². The normalized spacial score (nSPS) is 10.3. The van der Waals surface area contributed by atoms with E-state index >= 15 is 0 Å². The predicted molar refractivity (Wildman–Crippen MR) is 54.4 cm³/mol. The van der Waals surface area contributed by atoms with Gasteiger partial charge in [0.15, 0.2) is 0 Å². The quantitative estimate of drug-likeness (QED) is 0.524. The van der Waals surface area contributed by atoms with Crippen LogP contribution in [0.1, 0.15) is 11.1 Å². The van der Waals surface area contributed by atoms with Gasteiger partial charge in [-0.15, -0.1) is 6.58 Å². The second kappa shape index (κ2) is 5.02. The van der Waals surface area contributed by atoms with Crippen molar-refractivity contribution in [3.05, 3.63) is 54.1 Å². The second-order valence-electron chi connectivity index (χ2n) is 2.84. The number of benzene rings is 1. The van der Waals surface area contributed by atoms with Gasteiger partial charge in [-0.3, -0.25) is 0 Å². The molecule has 0 radical (unpaired) electrons. The lowest BCUT2D eigenvalue weighted by atomic mass is 10.0. The number of carboxylic acid groups (broad SMARTS) is 1. The van der Waals surface area contributed by atoms with Crippen LogP contribution in [0.25, 0.3) is 6.08 Å². The van der Waals surface area contributed by atoms with Crippen molar-refractivity contribution in [2.75, 3.05) is 0 Å². The zero-order chi connectivity index (χ0) is 10.4. The van der Waals surface area contributed by atoms with Gasteiger partial charge in [0.1, 0.15) is 0 Å². The van der Waals surface area contributed by atoms with E-state index in [9.17, 15) is 9.90 Å². The largest absolute Gasteiger partial charge is 0.545 e. The predicted octanol–water partition coefficient (Wildman–Crippen LogP) is 1.18. The minimum Gasteiger partial charge on any atom is -0.545 e. The molecule has 2 heteroatoms. The van der Waals surface area contributed by atoms with Crippen LogP contribution in [0.5, 0.6) is 0 Å². The fourth-order valence-electron chi connectivity index (χ4n) is 1.20. The summed E-state index contributed by atoms with van der Waals surface area (Å²) < 4.78 is 0. The first kappa shape index (κ1) is 10.3. The van der Waals surface area contributed by atoms with E-state index in [4.69, 9.17) is 0 Å². The Labute approximate surface area is 83.2 Å². The highest BCUT2D eigenvalue weighted by atomic mass is 16.4. The van der Waals surface area contributed by atoms with Crippen molar-refractivity contribution in [2.45, 2.75) is 6.42 Å². The van der Waals surface area contributed by atoms with E-state index in [1.54, 1.807) is 6.08 Å². The summed E-state index contributed by atoms with van der Waals surface area (Å²) in [6.07, 6.45) is 5.08. The summed E-state index contributed by atoms with van der Waals surface area (Å²) in [5.74, 6) is -1.18.